The number of hydrogen-bond acceptors (Lipinski definition) is 2. The zero-order valence-corrected chi connectivity index (χ0v) is 4.96. The molecule has 2 heteroatoms. The molecule has 46 valence electrons. The van der Waals surface area contributed by atoms with Crippen molar-refractivity contribution in [1.29, 1.82) is 0 Å². The van der Waals surface area contributed by atoms with Gasteiger partial charge in [0.2, 0.25) is 0 Å². The minimum absolute atomic E-state index is 0.315. The maximum atomic E-state index is 10.00. The van der Waals surface area contributed by atoms with E-state index < -0.39 is 0 Å². The summed E-state index contributed by atoms with van der Waals surface area (Å²) < 4.78 is 4.84. The third kappa shape index (κ3) is 1.07. The summed E-state index contributed by atoms with van der Waals surface area (Å²) in [6.45, 7) is 0.753. The number of aldehydes is 1. The van der Waals surface area contributed by atoms with Gasteiger partial charge in [0, 0.05) is 19.6 Å². The predicted octanol–water partition coefficient (Wildman–Crippen LogP) is 0.468. The second kappa shape index (κ2) is 2.27. The average molecular weight is 114 g/mol. The Labute approximate surface area is 48.8 Å². The molecular formula is C6H10O2. The maximum Gasteiger partial charge on any atom is 0.123 e. The van der Waals surface area contributed by atoms with Crippen LogP contribution in [0.25, 0.3) is 0 Å². The molecule has 2 atom stereocenters. The molecule has 0 aromatic carbocycles. The number of hydrogen-bond donors (Lipinski definition) is 0. The van der Waals surface area contributed by atoms with E-state index >= 15 is 0 Å². The third-order valence-corrected chi connectivity index (χ3v) is 1.53. The molecule has 0 N–H and O–H groups in total. The molecule has 0 heterocycles. The monoisotopic (exact) mass is 114 g/mol. The van der Waals surface area contributed by atoms with Gasteiger partial charge < -0.3 is 9.53 Å². The summed E-state index contributed by atoms with van der Waals surface area (Å²) in [5.41, 5.74) is 0. The van der Waals surface area contributed by atoms with Crippen molar-refractivity contribution in [2.24, 2.45) is 11.8 Å². The van der Waals surface area contributed by atoms with Crippen molar-refractivity contribution < 1.29 is 9.53 Å². The van der Waals surface area contributed by atoms with Crippen LogP contribution in [0.5, 0.6) is 0 Å². The quantitative estimate of drug-likeness (QED) is 0.498. The lowest BCUT2D eigenvalue weighted by Gasteiger charge is -1.89. The SMILES string of the molecule is COC[C@H]1C[C@H]1C=O. The van der Waals surface area contributed by atoms with Crippen molar-refractivity contribution >= 4 is 6.29 Å². The Hall–Kier alpha value is -0.370. The van der Waals surface area contributed by atoms with Gasteiger partial charge in [-0.05, 0) is 12.3 Å². The first kappa shape index (κ1) is 5.76. The highest BCUT2D eigenvalue weighted by molar-refractivity contribution is 5.58. The van der Waals surface area contributed by atoms with Crippen molar-refractivity contribution in [3.05, 3.63) is 0 Å². The van der Waals surface area contributed by atoms with Crippen LogP contribution in [0.2, 0.25) is 0 Å². The summed E-state index contributed by atoms with van der Waals surface area (Å²) in [6.07, 6.45) is 2.06. The lowest BCUT2D eigenvalue weighted by atomic mass is 10.4. The molecule has 0 bridgehead atoms. The minimum Gasteiger partial charge on any atom is -0.384 e. The standard InChI is InChI=1S/C6H10O2/c1-8-4-6-2-5(6)3-7/h3,5-6H,2,4H2,1H3/t5-,6+/m0/s1. The van der Waals surface area contributed by atoms with Crippen molar-refractivity contribution in [3.63, 3.8) is 0 Å². The van der Waals surface area contributed by atoms with Gasteiger partial charge in [-0.1, -0.05) is 0 Å². The highest BCUT2D eigenvalue weighted by Gasteiger charge is 2.36. The van der Waals surface area contributed by atoms with E-state index in [1.54, 1.807) is 7.11 Å². The average Bonchev–Trinajstić information content (AvgIpc) is 2.48. The molecule has 0 radical (unpaired) electrons. The molecule has 0 amide bonds. The number of methoxy groups -OCH3 is 1. The summed E-state index contributed by atoms with van der Waals surface area (Å²) in [5, 5.41) is 0. The Morgan fingerprint density at radius 1 is 1.88 bits per heavy atom. The van der Waals surface area contributed by atoms with Crippen LogP contribution in [0.15, 0.2) is 0 Å². The first-order valence-electron chi connectivity index (χ1n) is 2.82. The molecule has 1 fully saturated rings. The Morgan fingerprint density at radius 2 is 2.62 bits per heavy atom. The largest absolute Gasteiger partial charge is 0.384 e. The van der Waals surface area contributed by atoms with Crippen LogP contribution in [0.3, 0.4) is 0 Å². The van der Waals surface area contributed by atoms with Gasteiger partial charge in [0.25, 0.3) is 0 Å². The van der Waals surface area contributed by atoms with Crippen LogP contribution in [0.1, 0.15) is 6.42 Å². The summed E-state index contributed by atoms with van der Waals surface area (Å²) >= 11 is 0. The van der Waals surface area contributed by atoms with Crippen LogP contribution < -0.4 is 0 Å². The molecule has 1 rings (SSSR count). The van der Waals surface area contributed by atoms with Crippen LogP contribution in [0.4, 0.5) is 0 Å². The molecule has 8 heavy (non-hydrogen) atoms. The molecule has 0 unspecified atom stereocenters. The number of carbonyl (C=O) groups is 1. The molecule has 0 aliphatic heterocycles. The van der Waals surface area contributed by atoms with Gasteiger partial charge in [-0.25, -0.2) is 0 Å². The highest BCUT2D eigenvalue weighted by atomic mass is 16.5. The molecule has 2 nitrogen and oxygen atoms in total. The van der Waals surface area contributed by atoms with Crippen LogP contribution in [0, 0.1) is 11.8 Å². The fourth-order valence-corrected chi connectivity index (χ4v) is 0.843. The molecule has 0 spiro atoms. The molecule has 1 aliphatic carbocycles. The Kier molecular flexibility index (Phi) is 1.63. The first-order chi connectivity index (χ1) is 3.88. The van der Waals surface area contributed by atoms with E-state index in [-0.39, 0.29) is 0 Å². The van der Waals surface area contributed by atoms with Crippen LogP contribution >= 0.6 is 0 Å². The zero-order chi connectivity index (χ0) is 5.98. The van der Waals surface area contributed by atoms with Gasteiger partial charge in [0.15, 0.2) is 0 Å². The molecular weight excluding hydrogens is 104 g/mol. The topological polar surface area (TPSA) is 26.3 Å². The van der Waals surface area contributed by atoms with Crippen molar-refractivity contribution in [2.75, 3.05) is 13.7 Å². The first-order valence-corrected chi connectivity index (χ1v) is 2.82. The highest BCUT2D eigenvalue weighted by Crippen LogP contribution is 2.36. The summed E-state index contributed by atoms with van der Waals surface area (Å²) in [7, 11) is 1.67. The molecule has 0 aromatic heterocycles. The lowest BCUT2D eigenvalue weighted by molar-refractivity contribution is -0.109. The Bertz CT molecular complexity index is 90.5. The van der Waals surface area contributed by atoms with Crippen molar-refractivity contribution in [2.45, 2.75) is 6.42 Å². The van der Waals surface area contributed by atoms with E-state index in [0.29, 0.717) is 11.8 Å². The Morgan fingerprint density at radius 3 is 3.00 bits per heavy atom. The smallest absolute Gasteiger partial charge is 0.123 e. The third-order valence-electron chi connectivity index (χ3n) is 1.53. The second-order valence-electron chi connectivity index (χ2n) is 2.25. The summed E-state index contributed by atoms with van der Waals surface area (Å²) in [5.74, 6) is 0.854. The van der Waals surface area contributed by atoms with Gasteiger partial charge >= 0.3 is 0 Å². The van der Waals surface area contributed by atoms with Crippen LogP contribution in [-0.4, -0.2) is 20.0 Å². The second-order valence-corrected chi connectivity index (χ2v) is 2.25. The van der Waals surface area contributed by atoms with Crippen molar-refractivity contribution in [1.82, 2.24) is 0 Å². The van der Waals surface area contributed by atoms with Gasteiger partial charge in [-0.3, -0.25) is 0 Å². The fraction of sp³-hybridized carbons (Fsp3) is 0.833. The number of carbonyl (C=O) groups excluding carboxylic acids is 1. The van der Waals surface area contributed by atoms with E-state index in [2.05, 4.69) is 0 Å². The molecule has 0 aromatic rings. The predicted molar refractivity (Wildman–Crippen MR) is 29.5 cm³/mol. The van der Waals surface area contributed by atoms with E-state index in [0.717, 1.165) is 19.3 Å². The maximum absolute atomic E-state index is 10.00. The van der Waals surface area contributed by atoms with Gasteiger partial charge in [0.1, 0.15) is 6.29 Å². The number of ether oxygens (including phenoxy) is 1. The number of rotatable bonds is 3. The van der Waals surface area contributed by atoms with Crippen LogP contribution in [-0.2, 0) is 9.53 Å². The van der Waals surface area contributed by atoms with E-state index in [1.165, 1.54) is 0 Å². The Balaban J connectivity index is 2.07. The molecule has 1 saturated carbocycles. The molecule has 0 saturated heterocycles. The van der Waals surface area contributed by atoms with E-state index in [4.69, 9.17) is 4.74 Å². The normalized spacial score (nSPS) is 34.6. The minimum atomic E-state index is 0.315. The summed E-state index contributed by atoms with van der Waals surface area (Å²) in [6, 6.07) is 0. The molecule has 1 aliphatic rings. The van der Waals surface area contributed by atoms with Crippen molar-refractivity contribution in [3.8, 4) is 0 Å². The van der Waals surface area contributed by atoms with Gasteiger partial charge in [0.05, 0.1) is 0 Å². The lowest BCUT2D eigenvalue weighted by Crippen LogP contribution is -1.92. The van der Waals surface area contributed by atoms with E-state index in [9.17, 15) is 4.79 Å². The summed E-state index contributed by atoms with van der Waals surface area (Å²) in [4.78, 5) is 10.00. The fourth-order valence-electron chi connectivity index (χ4n) is 0.843. The van der Waals surface area contributed by atoms with E-state index in [1.807, 2.05) is 0 Å². The van der Waals surface area contributed by atoms with Gasteiger partial charge in [-0.15, -0.1) is 0 Å². The zero-order valence-electron chi connectivity index (χ0n) is 4.96. The van der Waals surface area contributed by atoms with Gasteiger partial charge in [-0.2, -0.15) is 0 Å².